The van der Waals surface area contributed by atoms with Gasteiger partial charge < -0.3 is 10.1 Å². The average Bonchev–Trinajstić information content (AvgIpc) is 2.34. The lowest BCUT2D eigenvalue weighted by atomic mass is 10.2. The van der Waals surface area contributed by atoms with E-state index in [9.17, 15) is 9.59 Å². The molecule has 0 fully saturated rings. The van der Waals surface area contributed by atoms with E-state index in [1.165, 1.54) is 0 Å². The summed E-state index contributed by atoms with van der Waals surface area (Å²) in [5, 5.41) is 9.21. The highest BCUT2D eigenvalue weighted by atomic mass is 35.5. The number of azo groups is 1. The molecule has 1 N–H and O–H groups in total. The molecule has 0 aliphatic carbocycles. The molecule has 19 heavy (non-hydrogen) atoms. The molecule has 0 bridgehead atoms. The predicted molar refractivity (Wildman–Crippen MR) is 71.5 cm³/mol. The van der Waals surface area contributed by atoms with E-state index in [-0.39, 0.29) is 12.5 Å². The minimum absolute atomic E-state index is 0.194. The number of carbonyl (C=O) groups is 2. The van der Waals surface area contributed by atoms with E-state index in [0.717, 1.165) is 0 Å². The molecule has 0 atom stereocenters. The number of amides is 3. The van der Waals surface area contributed by atoms with Crippen LogP contribution in [0.25, 0.3) is 0 Å². The van der Waals surface area contributed by atoms with Gasteiger partial charge in [-0.05, 0) is 24.1 Å². The van der Waals surface area contributed by atoms with Crippen molar-refractivity contribution in [2.45, 2.75) is 13.8 Å². The molecule has 7 heteroatoms. The Hall–Kier alpha value is -1.95. The number of ether oxygens (including phenoxy) is 1. The van der Waals surface area contributed by atoms with Crippen molar-refractivity contribution < 1.29 is 14.3 Å². The Kier molecular flexibility index (Phi) is 5.95. The van der Waals surface area contributed by atoms with E-state index in [4.69, 9.17) is 16.3 Å². The van der Waals surface area contributed by atoms with Gasteiger partial charge in [-0.25, -0.2) is 9.59 Å². The van der Waals surface area contributed by atoms with Crippen LogP contribution in [0.3, 0.4) is 0 Å². The van der Waals surface area contributed by atoms with Crippen LogP contribution >= 0.6 is 11.6 Å². The van der Waals surface area contributed by atoms with Gasteiger partial charge >= 0.3 is 12.1 Å². The van der Waals surface area contributed by atoms with Crippen LogP contribution in [-0.2, 0) is 4.74 Å². The van der Waals surface area contributed by atoms with Crippen LogP contribution in [-0.4, -0.2) is 18.7 Å². The van der Waals surface area contributed by atoms with Crippen molar-refractivity contribution in [1.82, 2.24) is 0 Å². The van der Waals surface area contributed by atoms with Gasteiger partial charge in [0.05, 0.1) is 6.61 Å². The Balaban J connectivity index is 2.44. The van der Waals surface area contributed by atoms with Crippen molar-refractivity contribution in [3.8, 4) is 0 Å². The lowest BCUT2D eigenvalue weighted by molar-refractivity contribution is 0.141. The number of urea groups is 1. The quantitative estimate of drug-likeness (QED) is 0.847. The van der Waals surface area contributed by atoms with Gasteiger partial charge in [0, 0.05) is 10.7 Å². The van der Waals surface area contributed by atoms with Crippen molar-refractivity contribution in [1.29, 1.82) is 0 Å². The van der Waals surface area contributed by atoms with Crippen molar-refractivity contribution in [2.24, 2.45) is 16.1 Å². The second kappa shape index (κ2) is 7.48. The maximum absolute atomic E-state index is 11.3. The molecular formula is C12H14ClN3O3. The maximum atomic E-state index is 11.3. The molecule has 1 aromatic rings. The number of hydrogen-bond acceptors (Lipinski definition) is 3. The van der Waals surface area contributed by atoms with Crippen molar-refractivity contribution in [3.63, 3.8) is 0 Å². The minimum Gasteiger partial charge on any atom is -0.447 e. The third-order valence-electron chi connectivity index (χ3n) is 1.84. The van der Waals surface area contributed by atoms with Gasteiger partial charge in [-0.2, -0.15) is 0 Å². The molecule has 0 saturated carbocycles. The van der Waals surface area contributed by atoms with Crippen molar-refractivity contribution >= 4 is 29.4 Å². The summed E-state index contributed by atoms with van der Waals surface area (Å²) in [6.07, 6.45) is -0.894. The molecule has 1 aromatic carbocycles. The normalized spacial score (nSPS) is 10.7. The second-order valence-electron chi connectivity index (χ2n) is 4.11. The van der Waals surface area contributed by atoms with Gasteiger partial charge in [0.25, 0.3) is 0 Å². The minimum atomic E-state index is -0.894. The SMILES string of the molecule is CC(C)COC(=O)/N=N/C(=O)Nc1cccc(Cl)c1. The standard InChI is InChI=1S/C12H14ClN3O3/c1-8(2)7-19-12(18)16-15-11(17)14-10-5-3-4-9(13)6-10/h3-6,8H,7H2,1-2H3,(H,14,17)/b16-15+. The zero-order valence-electron chi connectivity index (χ0n) is 10.6. The Morgan fingerprint density at radius 1 is 1.37 bits per heavy atom. The summed E-state index contributed by atoms with van der Waals surface area (Å²) < 4.78 is 4.72. The Labute approximate surface area is 115 Å². The molecular weight excluding hydrogens is 270 g/mol. The highest BCUT2D eigenvalue weighted by molar-refractivity contribution is 6.30. The number of anilines is 1. The smallest absolute Gasteiger partial charge is 0.447 e. The van der Waals surface area contributed by atoms with E-state index in [0.29, 0.717) is 10.7 Å². The van der Waals surface area contributed by atoms with Crippen molar-refractivity contribution in [3.05, 3.63) is 29.3 Å². The van der Waals surface area contributed by atoms with Gasteiger partial charge in [0.1, 0.15) is 0 Å². The van der Waals surface area contributed by atoms with E-state index >= 15 is 0 Å². The number of benzene rings is 1. The number of carbonyl (C=O) groups excluding carboxylic acids is 2. The van der Waals surface area contributed by atoms with Gasteiger partial charge in [-0.3, -0.25) is 0 Å². The highest BCUT2D eigenvalue weighted by Gasteiger charge is 2.04. The fourth-order valence-electron chi connectivity index (χ4n) is 1.07. The van der Waals surface area contributed by atoms with E-state index in [2.05, 4.69) is 15.5 Å². The zero-order chi connectivity index (χ0) is 14.3. The summed E-state index contributed by atoms with van der Waals surface area (Å²) in [4.78, 5) is 22.4. The molecule has 0 radical (unpaired) electrons. The highest BCUT2D eigenvalue weighted by Crippen LogP contribution is 2.14. The summed E-state index contributed by atoms with van der Waals surface area (Å²) in [5.74, 6) is 0.194. The molecule has 0 heterocycles. The average molecular weight is 284 g/mol. The lowest BCUT2D eigenvalue weighted by Crippen LogP contribution is -2.08. The van der Waals surface area contributed by atoms with Crippen LogP contribution in [0.15, 0.2) is 34.5 Å². The van der Waals surface area contributed by atoms with Gasteiger partial charge in [0.15, 0.2) is 0 Å². The Morgan fingerprint density at radius 3 is 2.74 bits per heavy atom. The fourth-order valence-corrected chi connectivity index (χ4v) is 1.26. The first-order valence-electron chi connectivity index (χ1n) is 5.62. The van der Waals surface area contributed by atoms with E-state index in [1.807, 2.05) is 13.8 Å². The van der Waals surface area contributed by atoms with Gasteiger partial charge in [0.2, 0.25) is 0 Å². The first kappa shape index (κ1) is 15.1. The largest absolute Gasteiger partial charge is 0.452 e. The van der Waals surface area contributed by atoms with Crippen LogP contribution in [0.2, 0.25) is 5.02 Å². The summed E-state index contributed by atoms with van der Waals surface area (Å²) in [5.41, 5.74) is 0.465. The molecule has 6 nitrogen and oxygen atoms in total. The number of hydrogen-bond donors (Lipinski definition) is 1. The van der Waals surface area contributed by atoms with Crippen LogP contribution in [0.4, 0.5) is 15.3 Å². The third-order valence-corrected chi connectivity index (χ3v) is 2.07. The predicted octanol–water partition coefficient (Wildman–Crippen LogP) is 4.12. The summed E-state index contributed by atoms with van der Waals surface area (Å²) in [6, 6.07) is 5.75. The number of rotatable bonds is 3. The number of halogens is 1. The van der Waals surface area contributed by atoms with Crippen LogP contribution in [0, 0.1) is 5.92 Å². The fraction of sp³-hybridized carbons (Fsp3) is 0.333. The molecule has 1 rings (SSSR count). The second-order valence-corrected chi connectivity index (χ2v) is 4.55. The first-order chi connectivity index (χ1) is 8.97. The molecule has 0 unspecified atom stereocenters. The van der Waals surface area contributed by atoms with E-state index < -0.39 is 12.1 Å². The summed E-state index contributed by atoms with van der Waals surface area (Å²) in [7, 11) is 0. The zero-order valence-corrected chi connectivity index (χ0v) is 11.3. The van der Waals surface area contributed by atoms with Crippen LogP contribution in [0.5, 0.6) is 0 Å². The number of nitrogens with zero attached hydrogens (tertiary/aromatic N) is 2. The summed E-state index contributed by atoms with van der Waals surface area (Å²) >= 11 is 5.75. The van der Waals surface area contributed by atoms with Crippen LogP contribution in [0.1, 0.15) is 13.8 Å². The lowest BCUT2D eigenvalue weighted by Gasteiger charge is -2.03. The van der Waals surface area contributed by atoms with Crippen molar-refractivity contribution in [2.75, 3.05) is 11.9 Å². The Morgan fingerprint density at radius 2 is 2.11 bits per heavy atom. The monoisotopic (exact) mass is 283 g/mol. The van der Waals surface area contributed by atoms with Crippen LogP contribution < -0.4 is 5.32 Å². The van der Waals surface area contributed by atoms with Gasteiger partial charge in [-0.1, -0.05) is 41.7 Å². The third kappa shape index (κ3) is 6.52. The summed E-state index contributed by atoms with van der Waals surface area (Å²) in [6.45, 7) is 4.00. The molecule has 0 aromatic heterocycles. The van der Waals surface area contributed by atoms with E-state index in [1.54, 1.807) is 24.3 Å². The molecule has 102 valence electrons. The first-order valence-corrected chi connectivity index (χ1v) is 6.00. The topological polar surface area (TPSA) is 80.1 Å². The molecule has 0 spiro atoms. The molecule has 0 aliphatic rings. The molecule has 3 amide bonds. The molecule has 0 aliphatic heterocycles. The Bertz CT molecular complexity index is 489. The maximum Gasteiger partial charge on any atom is 0.452 e. The van der Waals surface area contributed by atoms with Gasteiger partial charge in [-0.15, -0.1) is 0 Å². The molecule has 0 saturated heterocycles. The number of nitrogens with one attached hydrogen (secondary N) is 1.